The highest BCUT2D eigenvalue weighted by Gasteiger charge is 2.38. The number of rotatable bonds is 8. The Morgan fingerprint density at radius 3 is 2.83 bits per heavy atom. The number of methoxy groups -OCH3 is 1. The zero-order valence-corrected chi connectivity index (χ0v) is 17.8. The summed E-state index contributed by atoms with van der Waals surface area (Å²) in [6.45, 7) is 0.542. The summed E-state index contributed by atoms with van der Waals surface area (Å²) >= 11 is 6.77. The molecule has 0 aliphatic heterocycles. The quantitative estimate of drug-likeness (QED) is 0.616. The fraction of sp³-hybridized carbons (Fsp3) is 0.571. The molecule has 2 N–H and O–H groups in total. The molecule has 30 heavy (non-hydrogen) atoms. The molecule has 0 bridgehead atoms. The molecular formula is C21H28ClN5O3. The monoisotopic (exact) mass is 433 g/mol. The standard InChI is InChI=1S/C21H28ClN5O3/c1-30-21(22)9-5-4-6-15(21)10-27(16-7-2-3-8-16)20-18-19(23-13-24-20)26(14-25-18)11-17(29)12-28/h4-6,9,13-17,28-29H,2-3,7-8,10-12H2,1H3. The van der Waals surface area contributed by atoms with E-state index < -0.39 is 11.2 Å². The van der Waals surface area contributed by atoms with Crippen molar-refractivity contribution in [2.75, 3.05) is 25.2 Å². The molecule has 3 unspecified atom stereocenters. The van der Waals surface area contributed by atoms with Crippen LogP contribution < -0.4 is 4.90 Å². The van der Waals surface area contributed by atoms with Gasteiger partial charge in [0.15, 0.2) is 22.0 Å². The zero-order valence-electron chi connectivity index (χ0n) is 17.1. The minimum absolute atomic E-state index is 0.0573. The van der Waals surface area contributed by atoms with E-state index in [4.69, 9.17) is 16.3 Å². The van der Waals surface area contributed by atoms with Gasteiger partial charge in [-0.3, -0.25) is 0 Å². The van der Waals surface area contributed by atoms with Crippen LogP contribution in [0.15, 0.2) is 37.0 Å². The highest BCUT2D eigenvalue weighted by atomic mass is 35.5. The third-order valence-corrected chi connectivity index (χ3v) is 6.59. The first-order chi connectivity index (χ1) is 14.6. The fourth-order valence-electron chi connectivity index (χ4n) is 4.38. The van der Waals surface area contributed by atoms with Gasteiger partial charge in [-0.05, 0) is 18.9 Å². The molecule has 0 spiro atoms. The van der Waals surface area contributed by atoms with Gasteiger partial charge in [0.1, 0.15) is 6.33 Å². The van der Waals surface area contributed by atoms with Crippen LogP contribution >= 0.6 is 11.6 Å². The van der Waals surface area contributed by atoms with Crippen LogP contribution in [0.25, 0.3) is 11.2 Å². The molecular weight excluding hydrogens is 406 g/mol. The van der Waals surface area contributed by atoms with Crippen molar-refractivity contribution < 1.29 is 14.9 Å². The average Bonchev–Trinajstić information content (AvgIpc) is 3.44. The predicted molar refractivity (Wildman–Crippen MR) is 115 cm³/mol. The van der Waals surface area contributed by atoms with Crippen LogP contribution in [-0.2, 0) is 11.3 Å². The second kappa shape index (κ2) is 9.01. The Labute approximate surface area is 180 Å². The van der Waals surface area contributed by atoms with Crippen molar-refractivity contribution in [2.24, 2.45) is 5.92 Å². The summed E-state index contributed by atoms with van der Waals surface area (Å²) in [6, 6.07) is 0.341. The number of aliphatic hydroxyl groups excluding tert-OH is 2. The molecule has 0 amide bonds. The first-order valence-electron chi connectivity index (χ1n) is 10.4. The largest absolute Gasteiger partial charge is 0.394 e. The SMILES string of the molecule is COC1(Cl)C=CC=CC1CN(c1ncnc2c1ncn2CC(O)CO)C1CCCC1. The summed E-state index contributed by atoms with van der Waals surface area (Å²) in [4.78, 5) is 15.8. The lowest BCUT2D eigenvalue weighted by Crippen LogP contribution is -2.45. The van der Waals surface area contributed by atoms with Gasteiger partial charge in [0.05, 0.1) is 25.6 Å². The Morgan fingerprint density at radius 1 is 1.30 bits per heavy atom. The van der Waals surface area contributed by atoms with Crippen LogP contribution in [0.4, 0.5) is 5.82 Å². The smallest absolute Gasteiger partial charge is 0.168 e. The zero-order chi connectivity index (χ0) is 21.1. The van der Waals surface area contributed by atoms with Gasteiger partial charge >= 0.3 is 0 Å². The summed E-state index contributed by atoms with van der Waals surface area (Å²) in [5.74, 6) is 0.709. The number of anilines is 1. The van der Waals surface area contributed by atoms with Crippen molar-refractivity contribution in [1.29, 1.82) is 0 Å². The number of allylic oxidation sites excluding steroid dienone is 2. The van der Waals surface area contributed by atoms with E-state index in [2.05, 4.69) is 25.9 Å². The van der Waals surface area contributed by atoms with E-state index in [-0.39, 0.29) is 19.1 Å². The van der Waals surface area contributed by atoms with Gasteiger partial charge in [0, 0.05) is 25.6 Å². The maximum atomic E-state index is 9.85. The molecule has 2 aromatic rings. The number of hydrogen-bond acceptors (Lipinski definition) is 7. The van der Waals surface area contributed by atoms with Crippen molar-refractivity contribution >= 4 is 28.6 Å². The molecule has 4 rings (SSSR count). The van der Waals surface area contributed by atoms with Gasteiger partial charge in [0.2, 0.25) is 0 Å². The maximum absolute atomic E-state index is 9.85. The van der Waals surface area contributed by atoms with E-state index in [1.54, 1.807) is 18.0 Å². The van der Waals surface area contributed by atoms with E-state index >= 15 is 0 Å². The molecule has 2 aliphatic rings. The van der Waals surface area contributed by atoms with E-state index in [9.17, 15) is 10.2 Å². The Bertz CT molecular complexity index is 927. The normalized spacial score (nSPS) is 25.3. The minimum Gasteiger partial charge on any atom is -0.394 e. The molecule has 1 saturated carbocycles. The number of ether oxygens (including phenoxy) is 1. The van der Waals surface area contributed by atoms with Crippen molar-refractivity contribution in [1.82, 2.24) is 19.5 Å². The van der Waals surface area contributed by atoms with Gasteiger partial charge in [-0.15, -0.1) is 0 Å². The molecule has 0 radical (unpaired) electrons. The molecule has 2 aromatic heterocycles. The molecule has 9 heteroatoms. The number of aliphatic hydroxyl groups is 2. The van der Waals surface area contributed by atoms with Gasteiger partial charge in [0.25, 0.3) is 0 Å². The van der Waals surface area contributed by atoms with Crippen molar-refractivity contribution in [3.05, 3.63) is 37.0 Å². The first-order valence-corrected chi connectivity index (χ1v) is 10.7. The Morgan fingerprint density at radius 2 is 2.10 bits per heavy atom. The minimum atomic E-state index is -0.900. The van der Waals surface area contributed by atoms with Crippen molar-refractivity contribution in [2.45, 2.75) is 49.4 Å². The Hall–Kier alpha value is -2.00. The number of imidazole rings is 1. The number of fused-ring (bicyclic) bond motifs is 1. The number of alkyl halides is 1. The average molecular weight is 434 g/mol. The van der Waals surface area contributed by atoms with Crippen LogP contribution in [0.1, 0.15) is 25.7 Å². The van der Waals surface area contributed by atoms with Crippen molar-refractivity contribution in [3.63, 3.8) is 0 Å². The van der Waals surface area contributed by atoms with E-state index in [1.165, 1.54) is 19.2 Å². The Balaban J connectivity index is 1.70. The Kier molecular flexibility index (Phi) is 6.38. The first kappa shape index (κ1) is 21.2. The summed E-state index contributed by atoms with van der Waals surface area (Å²) in [5, 5.41) is 18.1. The van der Waals surface area contributed by atoms with Crippen LogP contribution in [0.5, 0.6) is 0 Å². The van der Waals surface area contributed by atoms with Crippen LogP contribution in [-0.4, -0.2) is 67.2 Å². The number of nitrogens with zero attached hydrogens (tertiary/aromatic N) is 5. The van der Waals surface area contributed by atoms with Crippen LogP contribution in [0.2, 0.25) is 0 Å². The van der Waals surface area contributed by atoms with Crippen LogP contribution in [0, 0.1) is 5.92 Å². The molecule has 0 saturated heterocycles. The molecule has 3 atom stereocenters. The van der Waals surface area contributed by atoms with Gasteiger partial charge in [-0.25, -0.2) is 15.0 Å². The molecule has 2 aliphatic carbocycles. The third kappa shape index (κ3) is 4.09. The lowest BCUT2D eigenvalue weighted by molar-refractivity contribution is 0.0695. The van der Waals surface area contributed by atoms with Crippen molar-refractivity contribution in [3.8, 4) is 0 Å². The molecule has 162 valence electrons. The molecule has 8 nitrogen and oxygen atoms in total. The molecule has 0 aromatic carbocycles. The van der Waals surface area contributed by atoms with Gasteiger partial charge < -0.3 is 24.4 Å². The lowest BCUT2D eigenvalue weighted by Gasteiger charge is -2.38. The third-order valence-electron chi connectivity index (χ3n) is 6.03. The van der Waals surface area contributed by atoms with E-state index in [1.807, 2.05) is 18.2 Å². The molecule has 2 heterocycles. The van der Waals surface area contributed by atoms with Crippen LogP contribution in [0.3, 0.4) is 0 Å². The lowest BCUT2D eigenvalue weighted by atomic mass is 9.95. The number of halogens is 1. The summed E-state index contributed by atoms with van der Waals surface area (Å²) < 4.78 is 7.38. The highest BCUT2D eigenvalue weighted by Crippen LogP contribution is 2.37. The summed E-state index contributed by atoms with van der Waals surface area (Å²) in [6.07, 6.45) is 14.7. The fourth-order valence-corrected chi connectivity index (χ4v) is 4.59. The number of hydrogen-bond donors (Lipinski definition) is 2. The van der Waals surface area contributed by atoms with Gasteiger partial charge in [-0.1, -0.05) is 42.7 Å². The molecule has 1 fully saturated rings. The topological polar surface area (TPSA) is 96.5 Å². The second-order valence-electron chi connectivity index (χ2n) is 7.95. The van der Waals surface area contributed by atoms with E-state index in [0.717, 1.165) is 18.7 Å². The van der Waals surface area contributed by atoms with Gasteiger partial charge in [-0.2, -0.15) is 0 Å². The highest BCUT2D eigenvalue weighted by molar-refractivity contribution is 6.24. The summed E-state index contributed by atoms with van der Waals surface area (Å²) in [7, 11) is 1.63. The maximum Gasteiger partial charge on any atom is 0.168 e. The summed E-state index contributed by atoms with van der Waals surface area (Å²) in [5.41, 5.74) is 1.32. The predicted octanol–water partition coefficient (Wildman–Crippen LogP) is 2.25. The number of aromatic nitrogens is 4. The van der Waals surface area contributed by atoms with E-state index in [0.29, 0.717) is 23.8 Å². The second-order valence-corrected chi connectivity index (χ2v) is 8.54.